The molecule has 372 valence electrons. The highest BCUT2D eigenvalue weighted by Crippen LogP contribution is 2.28. The highest BCUT2D eigenvalue weighted by Gasteiger charge is 2.27. The van der Waals surface area contributed by atoms with Crippen molar-refractivity contribution in [1.29, 1.82) is 0 Å². The van der Waals surface area contributed by atoms with Crippen LogP contribution in [0, 0.1) is 11.6 Å². The van der Waals surface area contributed by atoms with Gasteiger partial charge in [0.2, 0.25) is 0 Å². The highest BCUT2D eigenvalue weighted by atomic mass is 35.5. The minimum atomic E-state index is -1.28. The Morgan fingerprint density at radius 3 is 1.69 bits per heavy atom. The number of nitrogens with one attached hydrogen (secondary N) is 3. The van der Waals surface area contributed by atoms with Crippen LogP contribution >= 0.6 is 23.2 Å². The fraction of sp³-hybridized carbons (Fsp3) is 0.208. The second-order valence-corrected chi connectivity index (χ2v) is 23.8. The summed E-state index contributed by atoms with van der Waals surface area (Å²) in [7, 11) is -1.28. The van der Waals surface area contributed by atoms with Crippen molar-refractivity contribution in [3.05, 3.63) is 154 Å². The van der Waals surface area contributed by atoms with Gasteiger partial charge in [0.15, 0.2) is 0 Å². The average molecular weight is 1040 g/mol. The van der Waals surface area contributed by atoms with E-state index in [1.54, 1.807) is 59.4 Å². The van der Waals surface area contributed by atoms with Crippen molar-refractivity contribution in [2.45, 2.75) is 58.6 Å². The van der Waals surface area contributed by atoms with Gasteiger partial charge in [-0.1, -0.05) is 79.2 Å². The van der Waals surface area contributed by atoms with Gasteiger partial charge in [-0.05, 0) is 53.6 Å². The monoisotopic (exact) mass is 1040 g/mol. The SMILES string of the molecule is C[Si](C)(C)CCOCn1ncc2c(N)ncc(NC(=O)C(=O)N(Cc3ccc(F)cn3)Cc3ccccc3Cl)c21.Nc1ncc(NC(=O)C(=O)N(Cc2ccc(F)cn2)Cc2ccccc2Cl)c2[nH]ncc12. The fourth-order valence-corrected chi connectivity index (χ4v) is 8.13. The zero-order valence-electron chi connectivity index (χ0n) is 39.1. The van der Waals surface area contributed by atoms with Gasteiger partial charge in [0.1, 0.15) is 30.0 Å². The summed E-state index contributed by atoms with van der Waals surface area (Å²) in [6.45, 7) is 7.50. The van der Waals surface area contributed by atoms with E-state index in [2.05, 4.69) is 65.5 Å². The number of nitrogens with zero attached hydrogens (tertiary/aromatic N) is 9. The summed E-state index contributed by atoms with van der Waals surface area (Å²) in [5.74, 6) is -4.03. The lowest BCUT2D eigenvalue weighted by Crippen LogP contribution is -2.39. The summed E-state index contributed by atoms with van der Waals surface area (Å²) < 4.78 is 34.1. The lowest BCUT2D eigenvalue weighted by atomic mass is 10.2. The van der Waals surface area contributed by atoms with E-state index >= 15 is 0 Å². The molecular weight excluding hydrogens is 990 g/mol. The summed E-state index contributed by atoms with van der Waals surface area (Å²) in [5, 5.41) is 18.1. The molecule has 7 N–H and O–H groups in total. The molecule has 4 amide bonds. The number of aromatic nitrogens is 8. The molecule has 8 aromatic rings. The first-order chi connectivity index (χ1) is 34.4. The Morgan fingerprint density at radius 1 is 0.667 bits per heavy atom. The zero-order valence-corrected chi connectivity index (χ0v) is 41.6. The molecule has 24 heteroatoms. The number of pyridine rings is 4. The van der Waals surface area contributed by atoms with Crippen LogP contribution in [-0.2, 0) is 56.8 Å². The minimum absolute atomic E-state index is 0.0305. The van der Waals surface area contributed by atoms with Crippen LogP contribution in [0.25, 0.3) is 21.8 Å². The van der Waals surface area contributed by atoms with Gasteiger partial charge >= 0.3 is 23.6 Å². The third-order valence-corrected chi connectivity index (χ3v) is 13.3. The van der Waals surface area contributed by atoms with Crippen molar-refractivity contribution < 1.29 is 32.7 Å². The molecule has 0 saturated heterocycles. The molecule has 0 spiro atoms. The number of anilines is 4. The molecule has 0 aliphatic heterocycles. The van der Waals surface area contributed by atoms with Crippen molar-refractivity contribution in [2.75, 3.05) is 28.7 Å². The Labute approximate surface area is 421 Å². The number of halogens is 4. The fourth-order valence-electron chi connectivity index (χ4n) is 6.98. The van der Waals surface area contributed by atoms with Gasteiger partial charge in [-0.25, -0.2) is 23.4 Å². The number of rotatable bonds is 15. The molecule has 0 unspecified atom stereocenters. The Kier molecular flexibility index (Phi) is 16.8. The molecule has 0 radical (unpaired) electrons. The van der Waals surface area contributed by atoms with Crippen LogP contribution in [0.1, 0.15) is 22.5 Å². The number of nitrogens with two attached hydrogens (primary N) is 2. The predicted molar refractivity (Wildman–Crippen MR) is 271 cm³/mol. The van der Waals surface area contributed by atoms with Gasteiger partial charge in [-0.2, -0.15) is 10.2 Å². The normalized spacial score (nSPS) is 11.2. The Hall–Kier alpha value is -7.92. The predicted octanol–water partition coefficient (Wildman–Crippen LogP) is 7.58. The van der Waals surface area contributed by atoms with Gasteiger partial charge in [-0.15, -0.1) is 0 Å². The van der Waals surface area contributed by atoms with E-state index in [1.165, 1.54) is 52.7 Å². The van der Waals surface area contributed by atoms with Crippen LogP contribution in [0.5, 0.6) is 0 Å². The molecule has 0 bridgehead atoms. The van der Waals surface area contributed by atoms with Gasteiger partial charge in [0.05, 0.1) is 94.8 Å². The number of nitrogen functional groups attached to an aromatic ring is 2. The number of carbonyl (C=O) groups is 4. The van der Waals surface area contributed by atoms with E-state index in [0.717, 1.165) is 18.4 Å². The minimum Gasteiger partial charge on any atom is -0.383 e. The number of carbonyl (C=O) groups excluding carboxylic acids is 4. The summed E-state index contributed by atoms with van der Waals surface area (Å²) >= 11 is 12.6. The van der Waals surface area contributed by atoms with Crippen LogP contribution in [0.4, 0.5) is 31.8 Å². The number of hydrogen-bond donors (Lipinski definition) is 5. The lowest BCUT2D eigenvalue weighted by molar-refractivity contribution is -0.144. The molecular formula is C48H48Cl2F2N14O5Si. The van der Waals surface area contributed by atoms with Crippen LogP contribution in [0.15, 0.2) is 110 Å². The smallest absolute Gasteiger partial charge is 0.314 e. The number of H-pyrrole nitrogens is 1. The number of benzene rings is 2. The van der Waals surface area contributed by atoms with Crippen molar-refractivity contribution in [1.82, 2.24) is 49.7 Å². The Balaban J connectivity index is 0.000000216. The van der Waals surface area contributed by atoms with Crippen molar-refractivity contribution in [3.63, 3.8) is 0 Å². The Morgan fingerprint density at radius 2 is 1.18 bits per heavy atom. The van der Waals surface area contributed by atoms with E-state index in [1.807, 2.05) is 0 Å². The average Bonchev–Trinajstić information content (AvgIpc) is 4.04. The number of amides is 4. The number of ether oxygens (including phenoxy) is 1. The molecule has 0 atom stereocenters. The highest BCUT2D eigenvalue weighted by molar-refractivity contribution is 6.76. The molecule has 6 aromatic heterocycles. The topological polar surface area (TPSA) is 258 Å². The number of hydrogen-bond acceptors (Lipinski definition) is 13. The first-order valence-corrected chi connectivity index (χ1v) is 26.5. The van der Waals surface area contributed by atoms with Crippen LogP contribution < -0.4 is 22.1 Å². The van der Waals surface area contributed by atoms with Crippen molar-refractivity contribution in [2.24, 2.45) is 0 Å². The standard InChI is InChI=1S/C27H31ClFN7O3Si.C21H17ClFN7O2/c1-40(2,3)11-10-39-17-36-24-21(13-33-36)25(30)32-14-23(24)34-26(37)27(38)35(15-18-6-4-5-7-22(18)28)16-20-9-8-19(29)12-31-20;22-16-4-2-1-3-12(16)10-30(11-14-6-5-13(23)7-25-14)21(32)20(31)28-17-9-26-19(24)15-8-27-29-18(15)17/h4-9,12-14H,10-11,15-17H2,1-3H3,(H2,30,32)(H,34,37);1-9H,10-11H2,(H2,24,26)(H,27,29)(H,28,31). The molecule has 0 saturated carbocycles. The van der Waals surface area contributed by atoms with Crippen LogP contribution in [-0.4, -0.2) is 88.0 Å². The third kappa shape index (κ3) is 13.5. The first kappa shape index (κ1) is 51.9. The second-order valence-electron chi connectivity index (χ2n) is 17.4. The van der Waals surface area contributed by atoms with E-state index < -0.39 is 43.3 Å². The summed E-state index contributed by atoms with van der Waals surface area (Å²) in [5.41, 5.74) is 15.4. The van der Waals surface area contributed by atoms with Gasteiger partial charge in [-0.3, -0.25) is 34.2 Å². The zero-order chi connectivity index (χ0) is 51.5. The van der Waals surface area contributed by atoms with Gasteiger partial charge in [0.25, 0.3) is 0 Å². The lowest BCUT2D eigenvalue weighted by Gasteiger charge is -2.22. The molecule has 8 rings (SSSR count). The molecule has 72 heavy (non-hydrogen) atoms. The van der Waals surface area contributed by atoms with E-state index in [4.69, 9.17) is 39.4 Å². The maximum Gasteiger partial charge on any atom is 0.314 e. The molecule has 0 aliphatic rings. The summed E-state index contributed by atoms with van der Waals surface area (Å²) in [4.78, 5) is 71.3. The van der Waals surface area contributed by atoms with Gasteiger partial charge < -0.3 is 36.6 Å². The number of fused-ring (bicyclic) bond motifs is 2. The molecule has 2 aromatic carbocycles. The largest absolute Gasteiger partial charge is 0.383 e. The van der Waals surface area contributed by atoms with Crippen molar-refractivity contribution in [3.8, 4) is 0 Å². The van der Waals surface area contributed by atoms with E-state index in [0.29, 0.717) is 61.0 Å². The second kappa shape index (κ2) is 23.3. The Bertz CT molecular complexity index is 3230. The van der Waals surface area contributed by atoms with E-state index in [-0.39, 0.29) is 55.9 Å². The van der Waals surface area contributed by atoms with E-state index in [9.17, 15) is 28.0 Å². The molecule has 6 heterocycles. The third-order valence-electron chi connectivity index (χ3n) is 10.8. The maximum atomic E-state index is 13.4. The quantitative estimate of drug-likeness (QED) is 0.0377. The van der Waals surface area contributed by atoms with Crippen LogP contribution in [0.2, 0.25) is 35.7 Å². The molecule has 0 aliphatic carbocycles. The summed E-state index contributed by atoms with van der Waals surface area (Å²) in [6, 6.07) is 20.3. The molecule has 0 fully saturated rings. The van der Waals surface area contributed by atoms with Crippen molar-refractivity contribution >= 4 is 99.7 Å². The van der Waals surface area contributed by atoms with Gasteiger partial charge in [0, 0.05) is 37.8 Å². The van der Waals surface area contributed by atoms with Crippen LogP contribution in [0.3, 0.4) is 0 Å². The number of aromatic amines is 1. The maximum absolute atomic E-state index is 13.4. The summed E-state index contributed by atoms with van der Waals surface area (Å²) in [6.07, 6.45) is 7.82. The first-order valence-electron chi connectivity index (χ1n) is 22.1. The molecule has 19 nitrogen and oxygen atoms in total.